The fourth-order valence-corrected chi connectivity index (χ4v) is 2.35. The number of anilines is 2. The smallest absolute Gasteiger partial charge is 0.299 e. The van der Waals surface area contributed by atoms with E-state index in [4.69, 9.17) is 11.6 Å². The minimum atomic E-state index is -0.780. The van der Waals surface area contributed by atoms with Crippen LogP contribution in [0.4, 0.5) is 22.7 Å². The monoisotopic (exact) mass is 337 g/mol. The number of nitrogens with zero attached hydrogens (tertiary/aromatic N) is 2. The molecule has 23 heavy (non-hydrogen) atoms. The highest BCUT2D eigenvalue weighted by molar-refractivity contribution is 6.34. The molecular formula is C14H12ClN3O5. The van der Waals surface area contributed by atoms with Crippen LogP contribution in [0.2, 0.25) is 5.02 Å². The molecule has 0 bridgehead atoms. The topological polar surface area (TPSA) is 119 Å². The molecule has 0 amide bonds. The second kappa shape index (κ2) is 6.09. The maximum atomic E-state index is 11.3. The molecule has 2 rings (SSSR count). The number of aryl methyl sites for hydroxylation is 1. The Labute approximate surface area is 135 Å². The van der Waals surface area contributed by atoms with Crippen molar-refractivity contribution in [2.24, 2.45) is 0 Å². The standard InChI is InChI=1S/C14H12ClN3O5/c1-7-4-3-5-11(19)13(7)16-14-8(2)12(15)9(17(20)21)6-10(14)18(22)23/h3-6,16,19H,1-2H3. The molecule has 2 N–H and O–H groups in total. The highest BCUT2D eigenvalue weighted by atomic mass is 35.5. The normalized spacial score (nSPS) is 10.4. The van der Waals surface area contributed by atoms with Gasteiger partial charge in [0.05, 0.1) is 21.6 Å². The van der Waals surface area contributed by atoms with Gasteiger partial charge in [0.1, 0.15) is 16.5 Å². The molecule has 0 unspecified atom stereocenters. The zero-order valence-corrected chi connectivity index (χ0v) is 12.9. The third-order valence-corrected chi connectivity index (χ3v) is 3.83. The Bertz CT molecular complexity index is 802. The molecule has 120 valence electrons. The number of hydrogen-bond acceptors (Lipinski definition) is 6. The zero-order valence-electron chi connectivity index (χ0n) is 12.2. The molecule has 0 saturated heterocycles. The van der Waals surface area contributed by atoms with Gasteiger partial charge in [-0.2, -0.15) is 0 Å². The molecule has 2 aromatic rings. The van der Waals surface area contributed by atoms with Gasteiger partial charge in [-0.05, 0) is 25.5 Å². The van der Waals surface area contributed by atoms with Gasteiger partial charge in [-0.15, -0.1) is 0 Å². The van der Waals surface area contributed by atoms with Crippen molar-refractivity contribution < 1.29 is 15.0 Å². The fraction of sp³-hybridized carbons (Fsp3) is 0.143. The van der Waals surface area contributed by atoms with Crippen LogP contribution in [0.5, 0.6) is 5.75 Å². The zero-order chi connectivity index (χ0) is 17.3. The van der Waals surface area contributed by atoms with Crippen molar-refractivity contribution in [1.29, 1.82) is 0 Å². The lowest BCUT2D eigenvalue weighted by atomic mass is 10.1. The van der Waals surface area contributed by atoms with E-state index in [9.17, 15) is 25.3 Å². The molecule has 0 aliphatic rings. The molecule has 0 aliphatic carbocycles. The van der Waals surface area contributed by atoms with Crippen LogP contribution in [-0.2, 0) is 0 Å². The average Bonchev–Trinajstić information content (AvgIpc) is 2.46. The third-order valence-electron chi connectivity index (χ3n) is 3.35. The average molecular weight is 338 g/mol. The van der Waals surface area contributed by atoms with E-state index in [1.54, 1.807) is 19.1 Å². The number of halogens is 1. The first-order valence-corrected chi connectivity index (χ1v) is 6.79. The number of nitrogens with one attached hydrogen (secondary N) is 1. The number of aromatic hydroxyl groups is 1. The highest BCUT2D eigenvalue weighted by Gasteiger charge is 2.28. The van der Waals surface area contributed by atoms with Crippen LogP contribution in [0.1, 0.15) is 11.1 Å². The summed E-state index contributed by atoms with van der Waals surface area (Å²) in [7, 11) is 0. The fourth-order valence-electron chi connectivity index (χ4n) is 2.13. The Hall–Kier alpha value is -2.87. The SMILES string of the molecule is Cc1cccc(O)c1Nc1c([N+](=O)[O-])cc([N+](=O)[O-])c(Cl)c1C. The molecule has 0 saturated carbocycles. The van der Waals surface area contributed by atoms with Crippen LogP contribution >= 0.6 is 11.6 Å². The van der Waals surface area contributed by atoms with Gasteiger partial charge in [-0.3, -0.25) is 20.2 Å². The molecular weight excluding hydrogens is 326 g/mol. The van der Waals surface area contributed by atoms with E-state index in [-0.39, 0.29) is 27.7 Å². The molecule has 0 radical (unpaired) electrons. The molecule has 0 fully saturated rings. The lowest BCUT2D eigenvalue weighted by Gasteiger charge is -2.14. The van der Waals surface area contributed by atoms with Crippen molar-refractivity contribution in [2.75, 3.05) is 5.32 Å². The molecule has 2 aromatic carbocycles. The van der Waals surface area contributed by atoms with Gasteiger partial charge in [-0.1, -0.05) is 23.7 Å². The van der Waals surface area contributed by atoms with E-state index < -0.39 is 21.2 Å². The Kier molecular flexibility index (Phi) is 4.37. The van der Waals surface area contributed by atoms with Crippen molar-refractivity contribution in [1.82, 2.24) is 0 Å². The lowest BCUT2D eigenvalue weighted by Crippen LogP contribution is -2.03. The lowest BCUT2D eigenvalue weighted by molar-refractivity contribution is -0.393. The van der Waals surface area contributed by atoms with Gasteiger partial charge < -0.3 is 10.4 Å². The predicted octanol–water partition coefficient (Wildman–Crippen LogP) is 4.22. The van der Waals surface area contributed by atoms with E-state index >= 15 is 0 Å². The maximum Gasteiger partial charge on any atom is 0.299 e. The van der Waals surface area contributed by atoms with Crippen molar-refractivity contribution >= 4 is 34.4 Å². The van der Waals surface area contributed by atoms with E-state index in [0.717, 1.165) is 6.07 Å². The summed E-state index contributed by atoms with van der Waals surface area (Å²) in [5, 5.41) is 34.7. The number of para-hydroxylation sites is 1. The van der Waals surface area contributed by atoms with E-state index in [2.05, 4.69) is 5.32 Å². The first-order chi connectivity index (χ1) is 10.7. The number of phenols is 1. The van der Waals surface area contributed by atoms with E-state index in [1.807, 2.05) is 0 Å². The summed E-state index contributed by atoms with van der Waals surface area (Å²) in [5.74, 6) is -0.104. The number of rotatable bonds is 4. The van der Waals surface area contributed by atoms with Crippen LogP contribution in [-0.4, -0.2) is 15.0 Å². The second-order valence-corrected chi connectivity index (χ2v) is 5.22. The summed E-state index contributed by atoms with van der Waals surface area (Å²) in [5.41, 5.74) is 0.0129. The first-order valence-electron chi connectivity index (χ1n) is 6.41. The van der Waals surface area contributed by atoms with Gasteiger partial charge in [0.15, 0.2) is 0 Å². The van der Waals surface area contributed by atoms with Crippen LogP contribution in [0, 0.1) is 34.1 Å². The van der Waals surface area contributed by atoms with E-state index in [1.165, 1.54) is 13.0 Å². The number of nitro benzene ring substituents is 2. The van der Waals surface area contributed by atoms with Crippen molar-refractivity contribution in [3.05, 3.63) is 60.6 Å². The van der Waals surface area contributed by atoms with Gasteiger partial charge >= 0.3 is 0 Å². The Morgan fingerprint density at radius 3 is 2.22 bits per heavy atom. The molecule has 8 nitrogen and oxygen atoms in total. The van der Waals surface area contributed by atoms with Gasteiger partial charge in [0.2, 0.25) is 0 Å². The summed E-state index contributed by atoms with van der Waals surface area (Å²) in [6, 6.07) is 5.55. The number of hydrogen-bond donors (Lipinski definition) is 2. The van der Waals surface area contributed by atoms with Crippen LogP contribution in [0.3, 0.4) is 0 Å². The van der Waals surface area contributed by atoms with Crippen LogP contribution in [0.15, 0.2) is 24.3 Å². The van der Waals surface area contributed by atoms with Crippen LogP contribution in [0.25, 0.3) is 0 Å². The molecule has 0 aromatic heterocycles. The van der Waals surface area contributed by atoms with E-state index in [0.29, 0.717) is 5.56 Å². The van der Waals surface area contributed by atoms with Gasteiger partial charge in [-0.25, -0.2) is 0 Å². The Morgan fingerprint density at radius 1 is 1.09 bits per heavy atom. The minimum Gasteiger partial charge on any atom is -0.506 e. The van der Waals surface area contributed by atoms with Crippen LogP contribution < -0.4 is 5.32 Å². The number of phenolic OH excluding ortho intramolecular Hbond substituents is 1. The Morgan fingerprint density at radius 2 is 1.70 bits per heavy atom. The van der Waals surface area contributed by atoms with Crippen molar-refractivity contribution in [3.8, 4) is 5.75 Å². The first kappa shape index (κ1) is 16.5. The van der Waals surface area contributed by atoms with Crippen molar-refractivity contribution in [3.63, 3.8) is 0 Å². The summed E-state index contributed by atoms with van der Waals surface area (Å²) < 4.78 is 0. The van der Waals surface area contributed by atoms with Crippen molar-refractivity contribution in [2.45, 2.75) is 13.8 Å². The quantitative estimate of drug-likeness (QED) is 0.489. The highest BCUT2D eigenvalue weighted by Crippen LogP contribution is 2.42. The number of nitro groups is 2. The Balaban J connectivity index is 2.69. The van der Waals surface area contributed by atoms with Gasteiger partial charge in [0.25, 0.3) is 11.4 Å². The summed E-state index contributed by atoms with van der Waals surface area (Å²) in [6.07, 6.45) is 0. The minimum absolute atomic E-state index is 0.00444. The summed E-state index contributed by atoms with van der Waals surface area (Å²) in [6.45, 7) is 3.14. The molecule has 0 spiro atoms. The predicted molar refractivity (Wildman–Crippen MR) is 85.6 cm³/mol. The second-order valence-electron chi connectivity index (χ2n) is 4.84. The maximum absolute atomic E-state index is 11.3. The summed E-state index contributed by atoms with van der Waals surface area (Å²) >= 11 is 5.95. The molecule has 9 heteroatoms. The molecule has 0 aliphatic heterocycles. The molecule has 0 heterocycles. The summed E-state index contributed by atoms with van der Waals surface area (Å²) in [4.78, 5) is 20.7. The van der Waals surface area contributed by atoms with Gasteiger partial charge in [0, 0.05) is 5.56 Å². The largest absolute Gasteiger partial charge is 0.506 e. The third kappa shape index (κ3) is 3.02. The molecule has 0 atom stereocenters. The number of benzene rings is 2.